The molecule has 0 unspecified atom stereocenters. The van der Waals surface area contributed by atoms with Crippen molar-refractivity contribution >= 4 is 23.1 Å². The molecule has 0 radical (unpaired) electrons. The molecule has 1 saturated carbocycles. The molecule has 1 aromatic heterocycles. The Kier molecular flexibility index (Phi) is 4.07. The molecule has 1 fully saturated rings. The fourth-order valence-corrected chi connectivity index (χ4v) is 3.89. The third-order valence-corrected chi connectivity index (χ3v) is 5.22. The molecule has 0 atom stereocenters. The van der Waals surface area contributed by atoms with Gasteiger partial charge in [0, 0.05) is 29.6 Å². The van der Waals surface area contributed by atoms with Crippen LogP contribution < -0.4 is 15.0 Å². The smallest absolute Gasteiger partial charge is 0.231 e. The molecule has 0 bridgehead atoms. The minimum Gasteiger partial charge on any atom is -0.497 e. The standard InChI is InChI=1S/C20H23N3O2/c1-13-9-16(25-2)7-8-17(13)22-19-11-18-14(12-21-19)10-20(24)23(18)15-5-3-4-6-15/h7-9,11-12,15H,3-6,10H2,1-2H3,(H,21,22). The first-order chi connectivity index (χ1) is 12.2. The van der Waals surface area contributed by atoms with E-state index in [4.69, 9.17) is 4.74 Å². The predicted molar refractivity (Wildman–Crippen MR) is 98.7 cm³/mol. The van der Waals surface area contributed by atoms with Gasteiger partial charge < -0.3 is 15.0 Å². The van der Waals surface area contributed by atoms with Crippen LogP contribution in [0.4, 0.5) is 17.2 Å². The van der Waals surface area contributed by atoms with E-state index in [0.717, 1.165) is 46.9 Å². The number of rotatable bonds is 4. The molecule has 1 aliphatic carbocycles. The number of anilines is 3. The molecule has 1 aromatic carbocycles. The maximum absolute atomic E-state index is 12.5. The highest BCUT2D eigenvalue weighted by atomic mass is 16.5. The molecular weight excluding hydrogens is 314 g/mol. The Morgan fingerprint density at radius 2 is 2.04 bits per heavy atom. The number of carbonyl (C=O) groups is 1. The van der Waals surface area contributed by atoms with Crippen molar-refractivity contribution in [2.75, 3.05) is 17.3 Å². The Labute approximate surface area is 148 Å². The summed E-state index contributed by atoms with van der Waals surface area (Å²) in [5.74, 6) is 1.81. The number of hydrogen-bond acceptors (Lipinski definition) is 4. The molecule has 1 aliphatic heterocycles. The molecule has 2 aromatic rings. The Hall–Kier alpha value is -2.56. The van der Waals surface area contributed by atoms with E-state index in [1.54, 1.807) is 7.11 Å². The van der Waals surface area contributed by atoms with Crippen LogP contribution in [0.25, 0.3) is 0 Å². The van der Waals surface area contributed by atoms with Gasteiger partial charge in [0.2, 0.25) is 5.91 Å². The van der Waals surface area contributed by atoms with Gasteiger partial charge in [-0.25, -0.2) is 4.98 Å². The van der Waals surface area contributed by atoms with Crippen LogP contribution in [0.1, 0.15) is 36.8 Å². The van der Waals surface area contributed by atoms with Crippen LogP contribution in [-0.4, -0.2) is 24.0 Å². The van der Waals surface area contributed by atoms with Crippen LogP contribution in [0.3, 0.4) is 0 Å². The number of carbonyl (C=O) groups excluding carboxylic acids is 1. The van der Waals surface area contributed by atoms with Crippen molar-refractivity contribution < 1.29 is 9.53 Å². The number of aryl methyl sites for hydroxylation is 1. The number of methoxy groups -OCH3 is 1. The van der Waals surface area contributed by atoms with E-state index < -0.39 is 0 Å². The second-order valence-corrected chi connectivity index (χ2v) is 6.88. The molecule has 4 rings (SSSR count). The van der Waals surface area contributed by atoms with Gasteiger partial charge in [-0.3, -0.25) is 4.79 Å². The summed E-state index contributed by atoms with van der Waals surface area (Å²) < 4.78 is 5.26. The lowest BCUT2D eigenvalue weighted by atomic mass is 10.1. The average molecular weight is 337 g/mol. The Morgan fingerprint density at radius 1 is 1.24 bits per heavy atom. The van der Waals surface area contributed by atoms with Gasteiger partial charge in [-0.05, 0) is 43.5 Å². The highest BCUT2D eigenvalue weighted by molar-refractivity contribution is 6.02. The summed E-state index contributed by atoms with van der Waals surface area (Å²) in [7, 11) is 1.67. The Morgan fingerprint density at radius 3 is 2.76 bits per heavy atom. The van der Waals surface area contributed by atoms with Crippen molar-refractivity contribution in [2.24, 2.45) is 0 Å². The zero-order chi connectivity index (χ0) is 17.4. The van der Waals surface area contributed by atoms with E-state index in [1.807, 2.05) is 42.3 Å². The van der Waals surface area contributed by atoms with Gasteiger partial charge in [-0.15, -0.1) is 0 Å². The number of nitrogens with one attached hydrogen (secondary N) is 1. The van der Waals surface area contributed by atoms with E-state index in [9.17, 15) is 4.79 Å². The van der Waals surface area contributed by atoms with Crippen LogP contribution in [0.15, 0.2) is 30.5 Å². The third-order valence-electron chi connectivity index (χ3n) is 5.22. The number of pyridine rings is 1. The van der Waals surface area contributed by atoms with Crippen LogP contribution >= 0.6 is 0 Å². The maximum Gasteiger partial charge on any atom is 0.231 e. The van der Waals surface area contributed by atoms with E-state index >= 15 is 0 Å². The number of fused-ring (bicyclic) bond motifs is 1. The highest BCUT2D eigenvalue weighted by Gasteiger charge is 2.34. The number of ether oxygens (including phenoxy) is 1. The summed E-state index contributed by atoms with van der Waals surface area (Å²) in [5, 5.41) is 3.37. The fourth-order valence-electron chi connectivity index (χ4n) is 3.89. The first-order valence-corrected chi connectivity index (χ1v) is 8.88. The summed E-state index contributed by atoms with van der Waals surface area (Å²) in [6.07, 6.45) is 6.95. The van der Waals surface area contributed by atoms with E-state index in [1.165, 1.54) is 12.8 Å². The topological polar surface area (TPSA) is 54.5 Å². The number of benzene rings is 1. The van der Waals surface area contributed by atoms with Crippen LogP contribution in [0, 0.1) is 6.92 Å². The highest BCUT2D eigenvalue weighted by Crippen LogP contribution is 2.37. The Balaban J connectivity index is 1.62. The van der Waals surface area contributed by atoms with Gasteiger partial charge in [0.25, 0.3) is 0 Å². The zero-order valence-corrected chi connectivity index (χ0v) is 14.7. The summed E-state index contributed by atoms with van der Waals surface area (Å²) in [5.41, 5.74) is 4.14. The van der Waals surface area contributed by atoms with Crippen molar-refractivity contribution in [3.63, 3.8) is 0 Å². The molecule has 2 aliphatic rings. The SMILES string of the molecule is COc1ccc(Nc2cc3c(cn2)CC(=O)N3C2CCCC2)c(C)c1. The molecule has 130 valence electrons. The van der Waals surface area contributed by atoms with E-state index in [2.05, 4.69) is 10.3 Å². The van der Waals surface area contributed by atoms with Crippen molar-refractivity contribution in [1.29, 1.82) is 0 Å². The lowest BCUT2D eigenvalue weighted by molar-refractivity contribution is -0.117. The first kappa shape index (κ1) is 15.9. The predicted octanol–water partition coefficient (Wildman–Crippen LogP) is 3.97. The zero-order valence-electron chi connectivity index (χ0n) is 14.7. The molecular formula is C20H23N3O2. The fraction of sp³-hybridized carbons (Fsp3) is 0.400. The number of amides is 1. The monoisotopic (exact) mass is 337 g/mol. The average Bonchev–Trinajstić information content (AvgIpc) is 3.23. The summed E-state index contributed by atoms with van der Waals surface area (Å²) in [6, 6.07) is 8.28. The van der Waals surface area contributed by atoms with Crippen molar-refractivity contribution in [1.82, 2.24) is 4.98 Å². The second-order valence-electron chi connectivity index (χ2n) is 6.88. The summed E-state index contributed by atoms with van der Waals surface area (Å²) >= 11 is 0. The molecule has 0 spiro atoms. The minimum atomic E-state index is 0.210. The van der Waals surface area contributed by atoms with Gasteiger partial charge in [0.05, 0.1) is 19.2 Å². The molecule has 5 heteroatoms. The van der Waals surface area contributed by atoms with Crippen molar-refractivity contribution in [3.05, 3.63) is 41.6 Å². The van der Waals surface area contributed by atoms with Crippen LogP contribution in [0.2, 0.25) is 0 Å². The molecule has 25 heavy (non-hydrogen) atoms. The van der Waals surface area contributed by atoms with Crippen molar-refractivity contribution in [2.45, 2.75) is 45.1 Å². The van der Waals surface area contributed by atoms with Crippen molar-refractivity contribution in [3.8, 4) is 5.75 Å². The molecule has 2 heterocycles. The normalized spacial score (nSPS) is 17.0. The van der Waals surface area contributed by atoms with Crippen LogP contribution in [-0.2, 0) is 11.2 Å². The van der Waals surface area contributed by atoms with Crippen LogP contribution in [0.5, 0.6) is 5.75 Å². The maximum atomic E-state index is 12.5. The second kappa shape index (κ2) is 6.39. The van der Waals surface area contributed by atoms with Gasteiger partial charge in [0.15, 0.2) is 0 Å². The first-order valence-electron chi connectivity index (χ1n) is 8.88. The van der Waals surface area contributed by atoms with Gasteiger partial charge in [0.1, 0.15) is 11.6 Å². The lowest BCUT2D eigenvalue weighted by Gasteiger charge is -2.25. The van der Waals surface area contributed by atoms with Gasteiger partial charge >= 0.3 is 0 Å². The van der Waals surface area contributed by atoms with E-state index in [0.29, 0.717) is 12.5 Å². The number of nitrogens with zero attached hydrogens (tertiary/aromatic N) is 2. The Bertz CT molecular complexity index is 813. The molecule has 0 saturated heterocycles. The lowest BCUT2D eigenvalue weighted by Crippen LogP contribution is -2.35. The van der Waals surface area contributed by atoms with Gasteiger partial charge in [-0.1, -0.05) is 12.8 Å². The van der Waals surface area contributed by atoms with E-state index in [-0.39, 0.29) is 5.91 Å². The summed E-state index contributed by atoms with van der Waals surface area (Å²) in [6.45, 7) is 2.03. The minimum absolute atomic E-state index is 0.210. The molecule has 5 nitrogen and oxygen atoms in total. The summed E-state index contributed by atoms with van der Waals surface area (Å²) in [4.78, 5) is 19.0. The molecule has 1 N–H and O–H groups in total. The quantitative estimate of drug-likeness (QED) is 0.917. The third kappa shape index (κ3) is 2.95. The number of aromatic nitrogens is 1. The molecule has 1 amide bonds. The largest absolute Gasteiger partial charge is 0.497 e. The number of hydrogen-bond donors (Lipinski definition) is 1. The van der Waals surface area contributed by atoms with Gasteiger partial charge in [-0.2, -0.15) is 0 Å².